The fraction of sp³-hybridized carbons (Fsp3) is 0.524. The van der Waals surface area contributed by atoms with E-state index in [4.69, 9.17) is 4.98 Å². The lowest BCUT2D eigenvalue weighted by Crippen LogP contribution is -2.85. The summed E-state index contributed by atoms with van der Waals surface area (Å²) < 4.78 is 0. The van der Waals surface area contributed by atoms with Crippen molar-refractivity contribution in [2.45, 2.75) is 38.6 Å². The second-order valence-corrected chi connectivity index (χ2v) is 8.20. The van der Waals surface area contributed by atoms with Crippen molar-refractivity contribution >= 4 is 24.1 Å². The zero-order valence-electron chi connectivity index (χ0n) is 17.0. The Balaban J connectivity index is 1.36. The highest BCUT2D eigenvalue weighted by Gasteiger charge is 2.33. The lowest BCUT2D eigenvalue weighted by molar-refractivity contribution is -0.626. The van der Waals surface area contributed by atoms with Crippen LogP contribution in [0.15, 0.2) is 40.7 Å². The molecule has 8 nitrogen and oxygen atoms in total. The number of fused-ring (bicyclic) bond motifs is 1. The number of allylic oxidation sites excluding steroid dienone is 3. The van der Waals surface area contributed by atoms with Crippen molar-refractivity contribution in [3.05, 3.63) is 35.6 Å². The number of quaternary nitrogens is 1. The van der Waals surface area contributed by atoms with Gasteiger partial charge in [0.25, 0.3) is 0 Å². The van der Waals surface area contributed by atoms with Crippen LogP contribution >= 0.6 is 0 Å². The quantitative estimate of drug-likeness (QED) is 0.581. The molecule has 0 unspecified atom stereocenters. The molecule has 2 fully saturated rings. The Morgan fingerprint density at radius 3 is 2.24 bits per heavy atom. The van der Waals surface area contributed by atoms with Gasteiger partial charge in [-0.05, 0) is 31.8 Å². The minimum atomic E-state index is 0.379. The molecule has 1 aromatic rings. The first-order valence-corrected chi connectivity index (χ1v) is 10.7. The maximum absolute atomic E-state index is 4.76. The van der Waals surface area contributed by atoms with Crippen molar-refractivity contribution in [1.29, 1.82) is 0 Å². The van der Waals surface area contributed by atoms with Crippen LogP contribution in [0, 0.1) is 5.92 Å². The van der Waals surface area contributed by atoms with Crippen molar-refractivity contribution in [2.75, 3.05) is 41.4 Å². The van der Waals surface area contributed by atoms with E-state index in [2.05, 4.69) is 66.8 Å². The van der Waals surface area contributed by atoms with Gasteiger partial charge >= 0.3 is 0 Å². The summed E-state index contributed by atoms with van der Waals surface area (Å²) in [5.41, 5.74) is 5.61. The van der Waals surface area contributed by atoms with Gasteiger partial charge in [-0.3, -0.25) is 0 Å². The second kappa shape index (κ2) is 7.94. The third-order valence-electron chi connectivity index (χ3n) is 6.19. The number of hydrazone groups is 1. The fourth-order valence-corrected chi connectivity index (χ4v) is 4.61. The molecule has 3 N–H and O–H groups in total. The molecule has 8 heteroatoms. The summed E-state index contributed by atoms with van der Waals surface area (Å²) in [4.78, 5) is 18.6. The van der Waals surface area contributed by atoms with Gasteiger partial charge in [-0.25, -0.2) is 5.43 Å². The predicted molar refractivity (Wildman–Crippen MR) is 115 cm³/mol. The van der Waals surface area contributed by atoms with Gasteiger partial charge in [0.15, 0.2) is 0 Å². The van der Waals surface area contributed by atoms with Crippen molar-refractivity contribution in [3.63, 3.8) is 0 Å². The predicted octanol–water partition coefficient (Wildman–Crippen LogP) is 1.43. The van der Waals surface area contributed by atoms with Crippen molar-refractivity contribution in [3.8, 4) is 0 Å². The number of hydrogen-bond acceptors (Lipinski definition) is 7. The lowest BCUT2D eigenvalue weighted by atomic mass is 9.91. The first-order valence-electron chi connectivity index (χ1n) is 10.7. The highest BCUT2D eigenvalue weighted by atomic mass is 15.4. The number of aromatic nitrogens is 3. The van der Waals surface area contributed by atoms with Gasteiger partial charge in [0.05, 0.1) is 12.1 Å². The summed E-state index contributed by atoms with van der Waals surface area (Å²) in [7, 11) is 0. The molecule has 4 aliphatic rings. The van der Waals surface area contributed by atoms with Crippen molar-refractivity contribution < 1.29 is 5.32 Å². The molecule has 0 saturated carbocycles. The molecule has 1 aliphatic carbocycles. The molecule has 4 heterocycles. The Morgan fingerprint density at radius 1 is 0.966 bits per heavy atom. The standard InChI is InChI=1S/C21H28N8/c1-15-17(16-8-2-3-9-18(16)23-15)14-22-27-19-24-20(28-10-4-5-11-28)26-21(25-19)29-12-6-7-13-29/h2-3,8-9,14,16,18,23H,4-7,10-13H2,1H3,(H,24,25,26,27)/p+1/b22-14-/t16-,18+/m0/s1. The smallest absolute Gasteiger partial charge is 0.250 e. The van der Waals surface area contributed by atoms with Crippen LogP contribution in [0.25, 0.3) is 0 Å². The van der Waals surface area contributed by atoms with Gasteiger partial charge in [0.2, 0.25) is 17.8 Å². The van der Waals surface area contributed by atoms with E-state index in [1.165, 1.54) is 37.0 Å². The van der Waals surface area contributed by atoms with Gasteiger partial charge < -0.3 is 15.1 Å². The first kappa shape index (κ1) is 18.3. The summed E-state index contributed by atoms with van der Waals surface area (Å²) in [5.74, 6) is 2.43. The fourth-order valence-electron chi connectivity index (χ4n) is 4.61. The van der Waals surface area contributed by atoms with E-state index in [0.29, 0.717) is 17.9 Å². The van der Waals surface area contributed by atoms with Gasteiger partial charge in [0, 0.05) is 38.7 Å². The Bertz CT molecular complexity index is 840. The minimum absolute atomic E-state index is 0.379. The average molecular weight is 394 g/mol. The van der Waals surface area contributed by atoms with Crippen LogP contribution in [0.5, 0.6) is 0 Å². The molecule has 0 aromatic carbocycles. The van der Waals surface area contributed by atoms with Gasteiger partial charge in [0.1, 0.15) is 11.7 Å². The zero-order valence-corrected chi connectivity index (χ0v) is 17.0. The molecule has 5 rings (SSSR count). The minimum Gasteiger partial charge on any atom is -0.341 e. The number of rotatable bonds is 5. The molecule has 2 atom stereocenters. The lowest BCUT2D eigenvalue weighted by Gasteiger charge is -2.20. The highest BCUT2D eigenvalue weighted by molar-refractivity contribution is 5.81. The molecule has 0 spiro atoms. The molecule has 0 amide bonds. The summed E-state index contributed by atoms with van der Waals surface area (Å²) in [6, 6.07) is 0.446. The third-order valence-corrected chi connectivity index (χ3v) is 6.19. The number of anilines is 3. The van der Waals surface area contributed by atoms with Crippen LogP contribution < -0.4 is 20.5 Å². The SMILES string of the molecule is CC1=C(/C=N\Nc2nc(N3CCCC3)nc(N3CCCC3)n2)[C@@H]2C=CC=C[C@H]2[NH2+]1. The Labute approximate surface area is 171 Å². The van der Waals surface area contributed by atoms with Crippen LogP contribution in [0.3, 0.4) is 0 Å². The van der Waals surface area contributed by atoms with Gasteiger partial charge in [-0.2, -0.15) is 20.1 Å². The molecule has 1 aromatic heterocycles. The Kier molecular flexibility index (Phi) is 5.01. The molecule has 3 aliphatic heterocycles. The summed E-state index contributed by atoms with van der Waals surface area (Å²) in [6.45, 7) is 6.20. The van der Waals surface area contributed by atoms with Gasteiger partial charge in [-0.1, -0.05) is 18.2 Å². The molecule has 29 heavy (non-hydrogen) atoms. The van der Waals surface area contributed by atoms with Crippen LogP contribution in [0.1, 0.15) is 32.6 Å². The van der Waals surface area contributed by atoms with Crippen LogP contribution in [-0.4, -0.2) is 53.4 Å². The monoisotopic (exact) mass is 393 g/mol. The third kappa shape index (κ3) is 3.76. The Hall–Kier alpha value is -2.74. The molecule has 0 bridgehead atoms. The topological polar surface area (TPSA) is 86.2 Å². The molecular formula is C21H29N8+. The van der Waals surface area contributed by atoms with Crippen LogP contribution in [-0.2, 0) is 0 Å². The van der Waals surface area contributed by atoms with Gasteiger partial charge in [-0.15, -0.1) is 0 Å². The van der Waals surface area contributed by atoms with Crippen molar-refractivity contribution in [2.24, 2.45) is 11.0 Å². The van der Waals surface area contributed by atoms with Crippen LogP contribution in [0.2, 0.25) is 0 Å². The number of nitrogens with one attached hydrogen (secondary N) is 1. The second-order valence-electron chi connectivity index (χ2n) is 8.20. The summed E-state index contributed by atoms with van der Waals surface area (Å²) in [5, 5.41) is 6.81. The van der Waals surface area contributed by atoms with E-state index in [1.54, 1.807) is 0 Å². The van der Waals surface area contributed by atoms with E-state index in [-0.39, 0.29) is 0 Å². The average Bonchev–Trinajstić information content (AvgIpc) is 3.50. The molecule has 0 radical (unpaired) electrons. The van der Waals surface area contributed by atoms with E-state index in [1.807, 2.05) is 6.21 Å². The van der Waals surface area contributed by atoms with Crippen LogP contribution in [0.4, 0.5) is 17.8 Å². The summed E-state index contributed by atoms with van der Waals surface area (Å²) in [6.07, 6.45) is 15.4. The number of nitrogens with zero attached hydrogens (tertiary/aromatic N) is 6. The summed E-state index contributed by atoms with van der Waals surface area (Å²) >= 11 is 0. The largest absolute Gasteiger partial charge is 0.341 e. The number of nitrogens with two attached hydrogens (primary N) is 1. The molecule has 2 saturated heterocycles. The zero-order chi connectivity index (χ0) is 19.6. The first-order chi connectivity index (χ1) is 14.3. The maximum atomic E-state index is 4.76. The van der Waals surface area contributed by atoms with Crippen molar-refractivity contribution in [1.82, 2.24) is 15.0 Å². The molecule has 152 valence electrons. The van der Waals surface area contributed by atoms with E-state index in [0.717, 1.165) is 38.1 Å². The van der Waals surface area contributed by atoms with E-state index in [9.17, 15) is 0 Å². The van der Waals surface area contributed by atoms with E-state index >= 15 is 0 Å². The Morgan fingerprint density at radius 2 is 1.59 bits per heavy atom. The molecular weight excluding hydrogens is 364 g/mol. The maximum Gasteiger partial charge on any atom is 0.250 e. The normalized spacial score (nSPS) is 26.2. The highest BCUT2D eigenvalue weighted by Crippen LogP contribution is 2.25. The number of hydrogen-bond donors (Lipinski definition) is 2. The van der Waals surface area contributed by atoms with E-state index < -0.39 is 0 Å².